The normalized spacial score (nSPS) is 23.5. The maximum Gasteiger partial charge on any atom is 0.154 e. The molecule has 5 rings (SSSR count). The first kappa shape index (κ1) is 14.9. The number of fused-ring (bicyclic) bond motifs is 2. The molecule has 128 valence electrons. The van der Waals surface area contributed by atoms with Gasteiger partial charge < -0.3 is 4.90 Å². The van der Waals surface area contributed by atoms with Crippen LogP contribution >= 0.6 is 0 Å². The van der Waals surface area contributed by atoms with E-state index in [9.17, 15) is 0 Å². The summed E-state index contributed by atoms with van der Waals surface area (Å²) in [6.45, 7) is 7.70. The van der Waals surface area contributed by atoms with Gasteiger partial charge in [-0.1, -0.05) is 30.3 Å². The summed E-state index contributed by atoms with van der Waals surface area (Å²) in [5.74, 6) is 2.58. The minimum absolute atomic E-state index is 0.745. The largest absolute Gasteiger partial charge is 0.354 e. The van der Waals surface area contributed by atoms with Gasteiger partial charge in [-0.05, 0) is 30.4 Å². The summed E-state index contributed by atoms with van der Waals surface area (Å²) in [6.07, 6.45) is 3.80. The maximum atomic E-state index is 4.67. The van der Waals surface area contributed by atoms with E-state index in [1.165, 1.54) is 18.7 Å². The molecule has 5 nitrogen and oxygen atoms in total. The van der Waals surface area contributed by atoms with Gasteiger partial charge in [-0.3, -0.25) is 4.90 Å². The average molecular weight is 333 g/mol. The molecular formula is C20H23N5. The SMILES string of the molecule is Cc1cc2c(N3CC4CN(Cc5ccccc5)CC4C3)nccn2n1. The lowest BCUT2D eigenvalue weighted by atomic mass is 10.0. The van der Waals surface area contributed by atoms with Crippen molar-refractivity contribution in [3.05, 3.63) is 60.0 Å². The summed E-state index contributed by atoms with van der Waals surface area (Å²) in [5.41, 5.74) is 3.59. The van der Waals surface area contributed by atoms with E-state index in [1.54, 1.807) is 0 Å². The summed E-state index contributed by atoms with van der Waals surface area (Å²) in [7, 11) is 0. The topological polar surface area (TPSA) is 36.7 Å². The van der Waals surface area contributed by atoms with Crippen molar-refractivity contribution < 1.29 is 0 Å². The molecule has 0 saturated carbocycles. The molecule has 0 aliphatic carbocycles. The molecule has 2 atom stereocenters. The van der Waals surface area contributed by atoms with Gasteiger partial charge in [-0.25, -0.2) is 9.50 Å². The zero-order valence-corrected chi connectivity index (χ0v) is 14.5. The molecule has 3 aromatic rings. The molecule has 2 unspecified atom stereocenters. The monoisotopic (exact) mass is 333 g/mol. The molecule has 0 radical (unpaired) electrons. The van der Waals surface area contributed by atoms with E-state index in [-0.39, 0.29) is 0 Å². The predicted molar refractivity (Wildman–Crippen MR) is 98.6 cm³/mol. The van der Waals surface area contributed by atoms with Crippen LogP contribution in [0, 0.1) is 18.8 Å². The first-order valence-corrected chi connectivity index (χ1v) is 9.08. The fraction of sp³-hybridized carbons (Fsp3) is 0.400. The van der Waals surface area contributed by atoms with Gasteiger partial charge in [-0.2, -0.15) is 5.10 Å². The van der Waals surface area contributed by atoms with Gasteiger partial charge in [-0.15, -0.1) is 0 Å². The quantitative estimate of drug-likeness (QED) is 0.738. The summed E-state index contributed by atoms with van der Waals surface area (Å²) in [6, 6.07) is 13.0. The fourth-order valence-corrected chi connectivity index (χ4v) is 4.51. The second-order valence-electron chi connectivity index (χ2n) is 7.47. The Morgan fingerprint density at radius 3 is 2.56 bits per heavy atom. The van der Waals surface area contributed by atoms with Crippen molar-refractivity contribution in [3.8, 4) is 0 Å². The van der Waals surface area contributed by atoms with Crippen LogP contribution in [0.2, 0.25) is 0 Å². The zero-order valence-electron chi connectivity index (χ0n) is 14.5. The van der Waals surface area contributed by atoms with Gasteiger partial charge >= 0.3 is 0 Å². The summed E-state index contributed by atoms with van der Waals surface area (Å²) < 4.78 is 1.95. The Morgan fingerprint density at radius 1 is 1.04 bits per heavy atom. The molecule has 2 aliphatic rings. The smallest absolute Gasteiger partial charge is 0.154 e. The molecule has 25 heavy (non-hydrogen) atoms. The number of aromatic nitrogens is 3. The van der Waals surface area contributed by atoms with Crippen molar-refractivity contribution in [1.29, 1.82) is 0 Å². The average Bonchev–Trinajstić information content (AvgIpc) is 3.27. The number of hydrogen-bond donors (Lipinski definition) is 0. The highest BCUT2D eigenvalue weighted by atomic mass is 15.3. The second kappa shape index (κ2) is 5.85. The highest BCUT2D eigenvalue weighted by Crippen LogP contribution is 2.35. The number of nitrogens with zero attached hydrogens (tertiary/aromatic N) is 5. The van der Waals surface area contributed by atoms with Crippen molar-refractivity contribution in [2.75, 3.05) is 31.1 Å². The van der Waals surface area contributed by atoms with E-state index in [2.05, 4.69) is 56.3 Å². The molecular weight excluding hydrogens is 310 g/mol. The summed E-state index contributed by atoms with van der Waals surface area (Å²) in [5, 5.41) is 4.52. The number of aryl methyl sites for hydroxylation is 1. The lowest BCUT2D eigenvalue weighted by Crippen LogP contribution is -2.29. The Balaban J connectivity index is 1.30. The second-order valence-corrected chi connectivity index (χ2v) is 7.47. The van der Waals surface area contributed by atoms with Crippen molar-refractivity contribution in [3.63, 3.8) is 0 Å². The predicted octanol–water partition coefficient (Wildman–Crippen LogP) is 2.61. The van der Waals surface area contributed by atoms with Crippen LogP contribution in [0.3, 0.4) is 0 Å². The number of likely N-dealkylation sites (tertiary alicyclic amines) is 1. The Kier molecular flexibility index (Phi) is 3.48. The third kappa shape index (κ3) is 2.68. The Hall–Kier alpha value is -2.40. The summed E-state index contributed by atoms with van der Waals surface area (Å²) >= 11 is 0. The number of benzene rings is 1. The summed E-state index contributed by atoms with van der Waals surface area (Å²) in [4.78, 5) is 9.74. The van der Waals surface area contributed by atoms with E-state index in [1.807, 2.05) is 23.8 Å². The number of anilines is 1. The van der Waals surface area contributed by atoms with E-state index < -0.39 is 0 Å². The first-order valence-electron chi connectivity index (χ1n) is 9.08. The molecule has 4 heterocycles. The van der Waals surface area contributed by atoms with Crippen LogP contribution in [0.5, 0.6) is 0 Å². The van der Waals surface area contributed by atoms with E-state index in [0.29, 0.717) is 0 Å². The van der Waals surface area contributed by atoms with Crippen LogP contribution < -0.4 is 4.90 Å². The molecule has 0 spiro atoms. The molecule has 0 amide bonds. The molecule has 2 saturated heterocycles. The third-order valence-corrected chi connectivity index (χ3v) is 5.60. The molecule has 2 fully saturated rings. The van der Waals surface area contributed by atoms with Gasteiger partial charge in [0.1, 0.15) is 5.52 Å². The standard InChI is InChI=1S/C20H23N5/c1-15-9-19-20(21-7-8-25(19)22-15)24-13-17-11-23(12-18(17)14-24)10-16-5-3-2-4-6-16/h2-9,17-18H,10-14H2,1H3. The van der Waals surface area contributed by atoms with Crippen molar-refractivity contribution in [1.82, 2.24) is 19.5 Å². The van der Waals surface area contributed by atoms with Crippen LogP contribution in [0.25, 0.3) is 5.52 Å². The van der Waals surface area contributed by atoms with Gasteiger partial charge in [0.25, 0.3) is 0 Å². The zero-order chi connectivity index (χ0) is 16.8. The minimum Gasteiger partial charge on any atom is -0.354 e. The van der Waals surface area contributed by atoms with Gasteiger partial charge in [0.2, 0.25) is 0 Å². The molecule has 2 aliphatic heterocycles. The van der Waals surface area contributed by atoms with Crippen LogP contribution in [0.15, 0.2) is 48.8 Å². The number of rotatable bonds is 3. The lowest BCUT2D eigenvalue weighted by molar-refractivity contribution is 0.309. The Morgan fingerprint density at radius 2 is 1.80 bits per heavy atom. The molecule has 2 aromatic heterocycles. The van der Waals surface area contributed by atoms with Gasteiger partial charge in [0.15, 0.2) is 5.82 Å². The maximum absolute atomic E-state index is 4.67. The van der Waals surface area contributed by atoms with Crippen LogP contribution in [-0.4, -0.2) is 45.7 Å². The van der Waals surface area contributed by atoms with Crippen LogP contribution in [0.4, 0.5) is 5.82 Å². The van der Waals surface area contributed by atoms with Gasteiger partial charge in [0, 0.05) is 45.1 Å². The van der Waals surface area contributed by atoms with Crippen LogP contribution in [-0.2, 0) is 6.54 Å². The lowest BCUT2D eigenvalue weighted by Gasteiger charge is -2.22. The van der Waals surface area contributed by atoms with Crippen molar-refractivity contribution >= 4 is 11.3 Å². The highest BCUT2D eigenvalue weighted by molar-refractivity contribution is 5.69. The number of hydrogen-bond acceptors (Lipinski definition) is 4. The van der Waals surface area contributed by atoms with Crippen LogP contribution in [0.1, 0.15) is 11.3 Å². The van der Waals surface area contributed by atoms with Crippen molar-refractivity contribution in [2.45, 2.75) is 13.5 Å². The Bertz CT molecular complexity index is 873. The molecule has 0 bridgehead atoms. The molecule has 1 aromatic carbocycles. The Labute approximate surface area is 147 Å². The van der Waals surface area contributed by atoms with Gasteiger partial charge in [0.05, 0.1) is 5.69 Å². The van der Waals surface area contributed by atoms with Crippen molar-refractivity contribution in [2.24, 2.45) is 11.8 Å². The van der Waals surface area contributed by atoms with E-state index in [4.69, 9.17) is 0 Å². The molecule has 0 N–H and O–H groups in total. The molecule has 5 heteroatoms. The van der Waals surface area contributed by atoms with E-state index in [0.717, 1.165) is 48.5 Å². The fourth-order valence-electron chi connectivity index (χ4n) is 4.51. The highest BCUT2D eigenvalue weighted by Gasteiger charge is 2.40. The first-order chi connectivity index (χ1) is 12.3. The third-order valence-electron chi connectivity index (χ3n) is 5.60. The minimum atomic E-state index is 0.745. The van der Waals surface area contributed by atoms with E-state index >= 15 is 0 Å².